The molecule has 1 unspecified atom stereocenters. The first-order chi connectivity index (χ1) is 8.18. The fourth-order valence-electron chi connectivity index (χ4n) is 1.59. The standard InChI is InChI=1S/C10H9ClN4O2/c11-8-4-2-1-3-6(8)7(5-9(16)17)10-12-14-15-13-10/h1-4,7H,5H2,(H,16,17)(H,12,13,14,15). The van der Waals surface area contributed by atoms with Gasteiger partial charge >= 0.3 is 5.97 Å². The van der Waals surface area contributed by atoms with E-state index in [1.807, 2.05) is 0 Å². The zero-order valence-electron chi connectivity index (χ0n) is 8.67. The van der Waals surface area contributed by atoms with Crippen molar-refractivity contribution in [3.8, 4) is 0 Å². The summed E-state index contributed by atoms with van der Waals surface area (Å²) < 4.78 is 0. The van der Waals surface area contributed by atoms with Crippen LogP contribution in [0.1, 0.15) is 23.7 Å². The van der Waals surface area contributed by atoms with E-state index in [9.17, 15) is 4.79 Å². The predicted octanol–water partition coefficient (Wildman–Crippen LogP) is 1.46. The minimum atomic E-state index is -0.945. The van der Waals surface area contributed by atoms with Crippen LogP contribution in [0.5, 0.6) is 0 Å². The van der Waals surface area contributed by atoms with Crippen LogP contribution in [-0.2, 0) is 4.79 Å². The Morgan fingerprint density at radius 2 is 2.24 bits per heavy atom. The summed E-state index contributed by atoms with van der Waals surface area (Å²) in [5.74, 6) is -1.12. The lowest BCUT2D eigenvalue weighted by Crippen LogP contribution is -2.10. The number of nitrogens with one attached hydrogen (secondary N) is 1. The van der Waals surface area contributed by atoms with Gasteiger partial charge in [0.25, 0.3) is 0 Å². The van der Waals surface area contributed by atoms with Crippen LogP contribution in [-0.4, -0.2) is 31.7 Å². The second kappa shape index (κ2) is 4.92. The summed E-state index contributed by atoms with van der Waals surface area (Å²) in [6.45, 7) is 0. The van der Waals surface area contributed by atoms with Crippen LogP contribution in [0.3, 0.4) is 0 Å². The van der Waals surface area contributed by atoms with Gasteiger partial charge in [-0.25, -0.2) is 0 Å². The van der Waals surface area contributed by atoms with Gasteiger partial charge in [-0.1, -0.05) is 35.0 Å². The first-order valence-electron chi connectivity index (χ1n) is 4.88. The number of aromatic nitrogens is 4. The van der Waals surface area contributed by atoms with Gasteiger partial charge in [0.05, 0.1) is 12.3 Å². The third-order valence-corrected chi connectivity index (χ3v) is 2.68. The Kier molecular flexibility index (Phi) is 3.34. The second-order valence-electron chi connectivity index (χ2n) is 3.44. The number of aromatic amines is 1. The van der Waals surface area contributed by atoms with Crippen LogP contribution < -0.4 is 0 Å². The number of hydrogen-bond acceptors (Lipinski definition) is 4. The number of nitrogens with zero attached hydrogens (tertiary/aromatic N) is 3. The number of H-pyrrole nitrogens is 1. The average molecular weight is 253 g/mol. The fourth-order valence-corrected chi connectivity index (χ4v) is 1.86. The highest BCUT2D eigenvalue weighted by atomic mass is 35.5. The maximum atomic E-state index is 10.9. The fraction of sp³-hybridized carbons (Fsp3) is 0.200. The van der Waals surface area contributed by atoms with Gasteiger partial charge in [0, 0.05) is 5.02 Å². The molecule has 0 saturated heterocycles. The molecule has 1 aromatic heterocycles. The Balaban J connectivity index is 2.41. The van der Waals surface area contributed by atoms with E-state index in [0.29, 0.717) is 16.4 Å². The molecule has 0 fully saturated rings. The molecule has 2 N–H and O–H groups in total. The maximum absolute atomic E-state index is 10.9. The molecule has 2 aromatic rings. The summed E-state index contributed by atoms with van der Waals surface area (Å²) in [7, 11) is 0. The van der Waals surface area contributed by atoms with Gasteiger partial charge < -0.3 is 5.11 Å². The molecular formula is C10H9ClN4O2. The Morgan fingerprint density at radius 3 is 2.82 bits per heavy atom. The number of hydrogen-bond donors (Lipinski definition) is 2. The molecule has 6 nitrogen and oxygen atoms in total. The monoisotopic (exact) mass is 252 g/mol. The number of carboxylic acids is 1. The van der Waals surface area contributed by atoms with Crippen molar-refractivity contribution in [2.45, 2.75) is 12.3 Å². The van der Waals surface area contributed by atoms with Crippen molar-refractivity contribution in [2.24, 2.45) is 0 Å². The lowest BCUT2D eigenvalue weighted by molar-refractivity contribution is -0.137. The van der Waals surface area contributed by atoms with Crippen molar-refractivity contribution in [1.82, 2.24) is 20.6 Å². The quantitative estimate of drug-likeness (QED) is 0.859. The molecule has 0 aliphatic carbocycles. The van der Waals surface area contributed by atoms with E-state index in [-0.39, 0.29) is 6.42 Å². The summed E-state index contributed by atoms with van der Waals surface area (Å²) >= 11 is 6.04. The minimum absolute atomic E-state index is 0.136. The van der Waals surface area contributed by atoms with Crippen LogP contribution in [0, 0.1) is 0 Å². The van der Waals surface area contributed by atoms with Crippen LogP contribution in [0.15, 0.2) is 24.3 Å². The van der Waals surface area contributed by atoms with Gasteiger partial charge in [-0.2, -0.15) is 5.21 Å². The van der Waals surface area contributed by atoms with Gasteiger partial charge in [0.15, 0.2) is 5.82 Å². The highest BCUT2D eigenvalue weighted by Crippen LogP contribution is 2.30. The van der Waals surface area contributed by atoms with Gasteiger partial charge in [0.1, 0.15) is 0 Å². The van der Waals surface area contributed by atoms with Crippen LogP contribution in [0.25, 0.3) is 0 Å². The molecule has 1 aromatic carbocycles. The summed E-state index contributed by atoms with van der Waals surface area (Å²) in [6.07, 6.45) is -0.136. The Bertz CT molecular complexity index is 515. The third kappa shape index (κ3) is 2.59. The zero-order valence-corrected chi connectivity index (χ0v) is 9.42. The largest absolute Gasteiger partial charge is 0.481 e. The molecule has 0 spiro atoms. The number of carbonyl (C=O) groups is 1. The van der Waals surface area contributed by atoms with E-state index in [1.165, 1.54) is 0 Å². The first-order valence-corrected chi connectivity index (χ1v) is 5.26. The molecule has 0 saturated carbocycles. The van der Waals surface area contributed by atoms with Crippen molar-refractivity contribution < 1.29 is 9.90 Å². The molecule has 17 heavy (non-hydrogen) atoms. The van der Waals surface area contributed by atoms with E-state index in [4.69, 9.17) is 16.7 Å². The summed E-state index contributed by atoms with van der Waals surface area (Å²) in [4.78, 5) is 10.9. The van der Waals surface area contributed by atoms with Crippen LogP contribution in [0.2, 0.25) is 5.02 Å². The molecule has 0 aliphatic rings. The molecule has 0 radical (unpaired) electrons. The smallest absolute Gasteiger partial charge is 0.304 e. The summed E-state index contributed by atoms with van der Waals surface area (Å²) in [6, 6.07) is 7.02. The maximum Gasteiger partial charge on any atom is 0.304 e. The molecular weight excluding hydrogens is 244 g/mol. The van der Waals surface area contributed by atoms with E-state index >= 15 is 0 Å². The number of benzene rings is 1. The van der Waals surface area contributed by atoms with E-state index in [1.54, 1.807) is 24.3 Å². The normalized spacial score (nSPS) is 12.3. The zero-order chi connectivity index (χ0) is 12.3. The number of rotatable bonds is 4. The molecule has 0 amide bonds. The lowest BCUT2D eigenvalue weighted by atomic mass is 9.95. The van der Waals surface area contributed by atoms with Crippen molar-refractivity contribution in [3.05, 3.63) is 40.7 Å². The summed E-state index contributed by atoms with van der Waals surface area (Å²) in [5, 5.41) is 22.8. The van der Waals surface area contributed by atoms with Crippen molar-refractivity contribution in [2.75, 3.05) is 0 Å². The Morgan fingerprint density at radius 1 is 1.47 bits per heavy atom. The molecule has 2 rings (SSSR count). The molecule has 88 valence electrons. The predicted molar refractivity (Wildman–Crippen MR) is 59.7 cm³/mol. The number of aliphatic carboxylic acids is 1. The van der Waals surface area contributed by atoms with Crippen LogP contribution in [0.4, 0.5) is 0 Å². The van der Waals surface area contributed by atoms with E-state index in [2.05, 4.69) is 20.6 Å². The minimum Gasteiger partial charge on any atom is -0.481 e. The van der Waals surface area contributed by atoms with Gasteiger partial charge in [0.2, 0.25) is 0 Å². The highest BCUT2D eigenvalue weighted by molar-refractivity contribution is 6.31. The lowest BCUT2D eigenvalue weighted by Gasteiger charge is -2.12. The van der Waals surface area contributed by atoms with Crippen molar-refractivity contribution >= 4 is 17.6 Å². The molecule has 1 heterocycles. The third-order valence-electron chi connectivity index (χ3n) is 2.33. The van der Waals surface area contributed by atoms with Crippen LogP contribution >= 0.6 is 11.6 Å². The highest BCUT2D eigenvalue weighted by Gasteiger charge is 2.23. The molecule has 7 heteroatoms. The van der Waals surface area contributed by atoms with E-state index < -0.39 is 11.9 Å². The first kappa shape index (κ1) is 11.5. The summed E-state index contributed by atoms with van der Waals surface area (Å²) in [5.41, 5.74) is 0.679. The van der Waals surface area contributed by atoms with Crippen molar-refractivity contribution in [1.29, 1.82) is 0 Å². The van der Waals surface area contributed by atoms with Gasteiger partial charge in [-0.05, 0) is 11.6 Å². The second-order valence-corrected chi connectivity index (χ2v) is 3.85. The number of carboxylic acid groups (broad SMARTS) is 1. The van der Waals surface area contributed by atoms with Gasteiger partial charge in [-0.3, -0.25) is 4.79 Å². The van der Waals surface area contributed by atoms with Gasteiger partial charge in [-0.15, -0.1) is 10.2 Å². The van der Waals surface area contributed by atoms with E-state index in [0.717, 1.165) is 0 Å². The number of halogens is 1. The Hall–Kier alpha value is -1.95. The average Bonchev–Trinajstić information content (AvgIpc) is 2.80. The SMILES string of the molecule is O=C(O)CC(c1nn[nH]n1)c1ccccc1Cl. The molecule has 0 aliphatic heterocycles. The topological polar surface area (TPSA) is 91.8 Å². The van der Waals surface area contributed by atoms with Crippen molar-refractivity contribution in [3.63, 3.8) is 0 Å². The Labute approximate surface area is 102 Å². The number of tetrazole rings is 1. The molecule has 0 bridgehead atoms. The molecule has 1 atom stereocenters.